The van der Waals surface area contributed by atoms with Crippen molar-refractivity contribution in [2.45, 2.75) is 56.4 Å². The third-order valence-corrected chi connectivity index (χ3v) is 7.04. The topological polar surface area (TPSA) is 90.5 Å². The van der Waals surface area contributed by atoms with E-state index in [0.717, 1.165) is 18.4 Å². The van der Waals surface area contributed by atoms with Crippen molar-refractivity contribution in [1.82, 2.24) is 20.3 Å². The molecular formula is C20H34N4O3S. The number of carbonyl (C=O) groups excluding carboxylic acids is 1. The maximum atomic E-state index is 12.3. The van der Waals surface area contributed by atoms with Crippen LogP contribution < -0.4 is 15.4 Å². The van der Waals surface area contributed by atoms with Crippen LogP contribution in [0.1, 0.15) is 49.7 Å². The van der Waals surface area contributed by atoms with E-state index in [9.17, 15) is 13.2 Å². The lowest BCUT2D eigenvalue weighted by Gasteiger charge is -2.39. The van der Waals surface area contributed by atoms with Gasteiger partial charge in [0.25, 0.3) is 0 Å². The normalized spacial score (nSPS) is 17.1. The van der Waals surface area contributed by atoms with Crippen molar-refractivity contribution in [2.24, 2.45) is 0 Å². The van der Waals surface area contributed by atoms with E-state index in [1.807, 2.05) is 12.1 Å². The number of nitrogens with zero attached hydrogens (tertiary/aromatic N) is 1. The molecule has 1 aliphatic rings. The van der Waals surface area contributed by atoms with Crippen LogP contribution in [0.3, 0.4) is 0 Å². The van der Waals surface area contributed by atoms with Crippen LogP contribution in [0.15, 0.2) is 24.3 Å². The van der Waals surface area contributed by atoms with Gasteiger partial charge in [-0.15, -0.1) is 0 Å². The summed E-state index contributed by atoms with van der Waals surface area (Å²) in [6.45, 7) is 1.05. The first-order valence-electron chi connectivity index (χ1n) is 9.94. The van der Waals surface area contributed by atoms with Gasteiger partial charge < -0.3 is 15.5 Å². The van der Waals surface area contributed by atoms with E-state index in [1.165, 1.54) is 32.7 Å². The third kappa shape index (κ3) is 6.76. The van der Waals surface area contributed by atoms with Crippen LogP contribution in [0.5, 0.6) is 0 Å². The molecule has 0 unspecified atom stereocenters. The summed E-state index contributed by atoms with van der Waals surface area (Å²) in [7, 11) is 2.32. The largest absolute Gasteiger partial charge is 0.336 e. The van der Waals surface area contributed by atoms with E-state index >= 15 is 0 Å². The highest BCUT2D eigenvalue weighted by Gasteiger charge is 2.33. The van der Waals surface area contributed by atoms with Crippen LogP contribution in [0, 0.1) is 0 Å². The number of urea groups is 1. The van der Waals surface area contributed by atoms with Crippen molar-refractivity contribution in [1.29, 1.82) is 0 Å². The summed E-state index contributed by atoms with van der Waals surface area (Å²) in [5.41, 5.74) is 1.68. The van der Waals surface area contributed by atoms with Gasteiger partial charge in [0.05, 0.1) is 5.75 Å². The minimum absolute atomic E-state index is 0.0360. The van der Waals surface area contributed by atoms with Crippen LogP contribution in [-0.2, 0) is 22.3 Å². The van der Waals surface area contributed by atoms with Gasteiger partial charge in [-0.3, -0.25) is 0 Å². The van der Waals surface area contributed by atoms with Gasteiger partial charge in [0.1, 0.15) is 0 Å². The number of carbonyl (C=O) groups is 1. The van der Waals surface area contributed by atoms with Crippen molar-refractivity contribution in [3.05, 3.63) is 35.4 Å². The van der Waals surface area contributed by atoms with E-state index in [2.05, 4.69) is 34.4 Å². The SMILES string of the molecule is CNS(=O)(=O)Cc1ccc(CNC(=O)NCC2(N(C)C)CCCCCC2)cc1. The molecule has 1 aliphatic carbocycles. The average molecular weight is 411 g/mol. The van der Waals surface area contributed by atoms with Crippen LogP contribution in [0.25, 0.3) is 0 Å². The molecule has 2 amide bonds. The van der Waals surface area contributed by atoms with Gasteiger partial charge in [-0.1, -0.05) is 49.9 Å². The Morgan fingerprint density at radius 2 is 1.57 bits per heavy atom. The van der Waals surface area contributed by atoms with Crippen LogP contribution in [0.2, 0.25) is 0 Å². The lowest BCUT2D eigenvalue weighted by Crippen LogP contribution is -2.53. The van der Waals surface area contributed by atoms with E-state index in [0.29, 0.717) is 18.7 Å². The van der Waals surface area contributed by atoms with Crippen molar-refractivity contribution in [3.63, 3.8) is 0 Å². The first-order chi connectivity index (χ1) is 13.3. The zero-order chi connectivity index (χ0) is 20.6. The molecule has 0 spiro atoms. The molecule has 28 heavy (non-hydrogen) atoms. The molecule has 2 rings (SSSR count). The summed E-state index contributed by atoms with van der Waals surface area (Å²) < 4.78 is 25.5. The summed E-state index contributed by atoms with van der Waals surface area (Å²) in [5, 5.41) is 5.93. The number of sulfonamides is 1. The summed E-state index contributed by atoms with van der Waals surface area (Å²) in [6, 6.07) is 7.06. The zero-order valence-electron chi connectivity index (χ0n) is 17.3. The van der Waals surface area contributed by atoms with Gasteiger partial charge in [-0.25, -0.2) is 17.9 Å². The van der Waals surface area contributed by atoms with Gasteiger partial charge in [0.2, 0.25) is 10.0 Å². The Labute approximate surface area is 169 Å². The smallest absolute Gasteiger partial charge is 0.315 e. The first kappa shape index (κ1) is 22.6. The summed E-state index contributed by atoms with van der Waals surface area (Å²) in [5.74, 6) is -0.0513. The molecule has 0 saturated heterocycles. The predicted octanol–water partition coefficient (Wildman–Crippen LogP) is 2.19. The monoisotopic (exact) mass is 410 g/mol. The Hall–Kier alpha value is -1.64. The third-order valence-electron chi connectivity index (χ3n) is 5.70. The maximum absolute atomic E-state index is 12.3. The van der Waals surface area contributed by atoms with Gasteiger partial charge in [-0.2, -0.15) is 0 Å². The Kier molecular flexibility index (Phi) is 8.27. The number of benzene rings is 1. The average Bonchev–Trinajstić information content (AvgIpc) is 2.92. The van der Waals surface area contributed by atoms with E-state index in [4.69, 9.17) is 0 Å². The molecule has 0 radical (unpaired) electrons. The van der Waals surface area contributed by atoms with Crippen molar-refractivity contribution < 1.29 is 13.2 Å². The van der Waals surface area contributed by atoms with E-state index in [1.54, 1.807) is 12.1 Å². The number of nitrogens with one attached hydrogen (secondary N) is 3. The summed E-state index contributed by atoms with van der Waals surface area (Å²) >= 11 is 0. The second-order valence-corrected chi connectivity index (χ2v) is 9.78. The van der Waals surface area contributed by atoms with Gasteiger partial charge in [-0.05, 0) is 45.1 Å². The molecule has 0 heterocycles. The van der Waals surface area contributed by atoms with Crippen LogP contribution in [-0.4, -0.2) is 52.6 Å². The van der Waals surface area contributed by atoms with Gasteiger partial charge in [0.15, 0.2) is 0 Å². The Balaban J connectivity index is 1.83. The van der Waals surface area contributed by atoms with E-state index < -0.39 is 10.0 Å². The van der Waals surface area contributed by atoms with Crippen molar-refractivity contribution in [2.75, 3.05) is 27.7 Å². The minimum atomic E-state index is -3.28. The fourth-order valence-electron chi connectivity index (χ4n) is 3.70. The minimum Gasteiger partial charge on any atom is -0.336 e. The molecule has 0 bridgehead atoms. The van der Waals surface area contributed by atoms with Gasteiger partial charge in [0, 0.05) is 18.6 Å². The molecule has 158 valence electrons. The maximum Gasteiger partial charge on any atom is 0.315 e. The zero-order valence-corrected chi connectivity index (χ0v) is 18.1. The predicted molar refractivity (Wildman–Crippen MR) is 112 cm³/mol. The Bertz CT molecular complexity index is 724. The molecule has 1 fully saturated rings. The highest BCUT2D eigenvalue weighted by atomic mass is 32.2. The Morgan fingerprint density at radius 3 is 2.11 bits per heavy atom. The molecule has 1 aromatic carbocycles. The fraction of sp³-hybridized carbons (Fsp3) is 0.650. The second-order valence-electron chi connectivity index (χ2n) is 7.85. The summed E-state index contributed by atoms with van der Waals surface area (Å²) in [4.78, 5) is 14.5. The highest BCUT2D eigenvalue weighted by molar-refractivity contribution is 7.88. The molecular weight excluding hydrogens is 376 g/mol. The molecule has 3 N–H and O–H groups in total. The molecule has 0 aliphatic heterocycles. The van der Waals surface area contributed by atoms with Crippen LogP contribution in [0.4, 0.5) is 4.79 Å². The highest BCUT2D eigenvalue weighted by Crippen LogP contribution is 2.30. The first-order valence-corrected chi connectivity index (χ1v) is 11.6. The van der Waals surface area contributed by atoms with Crippen LogP contribution >= 0.6 is 0 Å². The number of rotatable bonds is 8. The number of hydrogen-bond donors (Lipinski definition) is 3. The molecule has 1 saturated carbocycles. The molecule has 0 aromatic heterocycles. The Morgan fingerprint density at radius 1 is 1.00 bits per heavy atom. The second kappa shape index (κ2) is 10.2. The van der Waals surface area contributed by atoms with Crippen molar-refractivity contribution in [3.8, 4) is 0 Å². The van der Waals surface area contributed by atoms with E-state index in [-0.39, 0.29) is 17.3 Å². The van der Waals surface area contributed by atoms with Crippen molar-refractivity contribution >= 4 is 16.1 Å². The summed E-state index contributed by atoms with van der Waals surface area (Å²) in [6.07, 6.45) is 7.17. The number of amides is 2. The molecule has 7 nitrogen and oxygen atoms in total. The lowest BCUT2D eigenvalue weighted by atomic mass is 9.89. The lowest BCUT2D eigenvalue weighted by molar-refractivity contribution is 0.128. The molecule has 8 heteroatoms. The fourth-order valence-corrected chi connectivity index (χ4v) is 4.48. The van der Waals surface area contributed by atoms with Gasteiger partial charge >= 0.3 is 6.03 Å². The molecule has 1 aromatic rings. The number of hydrogen-bond acceptors (Lipinski definition) is 4. The standard InChI is InChI=1S/C20H34N4O3S/c1-21-28(26,27)15-18-10-8-17(9-11-18)14-22-19(25)23-16-20(24(2)3)12-6-4-5-7-13-20/h8-11,21H,4-7,12-16H2,1-3H3,(H2,22,23,25). The number of likely N-dealkylation sites (N-methyl/N-ethyl adjacent to an activating group) is 1. The molecule has 0 atom stereocenters. The quantitative estimate of drug-likeness (QED) is 0.573.